The molecule has 0 unspecified atom stereocenters. The first-order chi connectivity index (χ1) is 5.68. The second kappa shape index (κ2) is 2.10. The average Bonchev–Trinajstić information content (AvgIpc) is 2.41. The summed E-state index contributed by atoms with van der Waals surface area (Å²) in [6, 6.07) is 0. The van der Waals surface area contributed by atoms with Gasteiger partial charge in [0.2, 0.25) is 5.91 Å². The maximum absolute atomic E-state index is 11.0. The number of rotatable bonds is 0. The number of nitrogens with one attached hydrogen (secondary N) is 2. The molecule has 3 N–H and O–H groups in total. The first kappa shape index (κ1) is 6.90. The molecule has 5 heteroatoms. The van der Waals surface area contributed by atoms with E-state index in [9.17, 15) is 14.7 Å². The number of carbonyl (C=O) groups is 1. The van der Waals surface area contributed by atoms with Crippen LogP contribution in [-0.2, 0) is 11.2 Å². The van der Waals surface area contributed by atoms with Gasteiger partial charge in [0.1, 0.15) is 11.4 Å². The summed E-state index contributed by atoms with van der Waals surface area (Å²) in [5.41, 5.74) is 0.164. The zero-order chi connectivity index (χ0) is 8.72. The van der Waals surface area contributed by atoms with Gasteiger partial charge < -0.3 is 15.4 Å². The number of hydrogen-bond donors (Lipinski definition) is 3. The molecule has 0 saturated carbocycles. The summed E-state index contributed by atoms with van der Waals surface area (Å²) >= 11 is 0. The fourth-order valence-corrected chi connectivity index (χ4v) is 1.21. The highest BCUT2D eigenvalue weighted by Gasteiger charge is 2.23. The molecule has 0 fully saturated rings. The van der Waals surface area contributed by atoms with Crippen molar-refractivity contribution in [2.75, 3.05) is 5.32 Å². The third-order valence-corrected chi connectivity index (χ3v) is 1.78. The second-order valence-electron chi connectivity index (χ2n) is 2.58. The maximum Gasteiger partial charge on any atom is 0.272 e. The number of fused-ring (bicyclic) bond motifs is 1. The number of aromatic nitrogens is 1. The van der Waals surface area contributed by atoms with Crippen LogP contribution in [0, 0.1) is 0 Å². The number of aromatic hydroxyl groups is 1. The minimum absolute atomic E-state index is 0.0528. The molecule has 5 nitrogen and oxygen atoms in total. The van der Waals surface area contributed by atoms with Gasteiger partial charge in [0.15, 0.2) is 0 Å². The van der Waals surface area contributed by atoms with Crippen molar-refractivity contribution in [1.29, 1.82) is 0 Å². The number of pyridine rings is 1. The van der Waals surface area contributed by atoms with Crippen LogP contribution in [0.5, 0.6) is 5.75 Å². The van der Waals surface area contributed by atoms with Crippen molar-refractivity contribution in [3.8, 4) is 5.75 Å². The molecule has 1 aliphatic rings. The largest absolute Gasteiger partial charge is 0.506 e. The van der Waals surface area contributed by atoms with Crippen molar-refractivity contribution >= 4 is 11.6 Å². The molecule has 1 amide bonds. The van der Waals surface area contributed by atoms with E-state index in [-0.39, 0.29) is 29.3 Å². The highest BCUT2D eigenvalue weighted by molar-refractivity contribution is 5.99. The Kier molecular flexibility index (Phi) is 1.21. The van der Waals surface area contributed by atoms with E-state index in [0.717, 1.165) is 0 Å². The van der Waals surface area contributed by atoms with Crippen LogP contribution < -0.4 is 10.9 Å². The van der Waals surface area contributed by atoms with E-state index >= 15 is 0 Å². The molecule has 0 saturated heterocycles. The van der Waals surface area contributed by atoms with Gasteiger partial charge in [0, 0.05) is 11.8 Å². The van der Waals surface area contributed by atoms with Crippen molar-refractivity contribution in [1.82, 2.24) is 4.98 Å². The third-order valence-electron chi connectivity index (χ3n) is 1.78. The van der Waals surface area contributed by atoms with E-state index in [4.69, 9.17) is 0 Å². The molecule has 1 aromatic heterocycles. The van der Waals surface area contributed by atoms with E-state index in [2.05, 4.69) is 10.3 Å². The predicted molar refractivity (Wildman–Crippen MR) is 41.1 cm³/mol. The molecular formula is C7H6N2O3. The Morgan fingerprint density at radius 2 is 2.17 bits per heavy atom. The highest BCUT2D eigenvalue weighted by atomic mass is 16.3. The Morgan fingerprint density at radius 1 is 1.42 bits per heavy atom. The lowest BCUT2D eigenvalue weighted by molar-refractivity contribution is -0.115. The molecule has 2 heterocycles. The van der Waals surface area contributed by atoms with Crippen molar-refractivity contribution in [2.24, 2.45) is 0 Å². The molecule has 0 atom stereocenters. The van der Waals surface area contributed by atoms with Crippen molar-refractivity contribution < 1.29 is 9.90 Å². The fourth-order valence-electron chi connectivity index (χ4n) is 1.21. The lowest BCUT2D eigenvalue weighted by Gasteiger charge is -1.97. The minimum Gasteiger partial charge on any atom is -0.506 e. The first-order valence-corrected chi connectivity index (χ1v) is 3.42. The first-order valence-electron chi connectivity index (χ1n) is 3.42. The predicted octanol–water partition coefficient (Wildman–Crippen LogP) is -0.425. The Labute approximate surface area is 67.0 Å². The standard InChI is InChI=1S/C7H6N2O3/c10-4-2-8-7(12)6-3(4)1-5(11)9-6/h2,10H,1H2,(H,8,12)(H,9,11). The lowest BCUT2D eigenvalue weighted by Crippen LogP contribution is -2.12. The Bertz CT molecular complexity index is 408. The molecule has 1 aromatic rings. The van der Waals surface area contributed by atoms with E-state index in [1.807, 2.05) is 0 Å². The van der Waals surface area contributed by atoms with Crippen LogP contribution in [0.15, 0.2) is 11.0 Å². The number of carbonyl (C=O) groups excluding carboxylic acids is 1. The molecule has 2 rings (SSSR count). The Morgan fingerprint density at radius 3 is 2.83 bits per heavy atom. The molecule has 12 heavy (non-hydrogen) atoms. The maximum atomic E-state index is 11.0. The molecule has 0 radical (unpaired) electrons. The number of aromatic amines is 1. The van der Waals surface area contributed by atoms with Gasteiger partial charge in [-0.3, -0.25) is 9.59 Å². The van der Waals surface area contributed by atoms with Crippen molar-refractivity contribution in [3.63, 3.8) is 0 Å². The number of amides is 1. The van der Waals surface area contributed by atoms with Crippen molar-refractivity contribution in [2.45, 2.75) is 6.42 Å². The zero-order valence-corrected chi connectivity index (χ0v) is 6.05. The van der Waals surface area contributed by atoms with E-state index in [1.54, 1.807) is 0 Å². The topological polar surface area (TPSA) is 82.2 Å². The van der Waals surface area contributed by atoms with Crippen LogP contribution in [0.3, 0.4) is 0 Å². The molecule has 62 valence electrons. The summed E-state index contributed by atoms with van der Waals surface area (Å²) in [7, 11) is 0. The SMILES string of the molecule is O=C1Cc2c(O)c[nH]c(=O)c2N1. The summed E-state index contributed by atoms with van der Waals surface area (Å²) < 4.78 is 0. The van der Waals surface area contributed by atoms with Crippen LogP contribution in [0.2, 0.25) is 0 Å². The third kappa shape index (κ3) is 0.795. The molecule has 0 aliphatic carbocycles. The van der Waals surface area contributed by atoms with Gasteiger partial charge in [-0.25, -0.2) is 0 Å². The van der Waals surface area contributed by atoms with E-state index in [0.29, 0.717) is 5.56 Å². The molecular weight excluding hydrogens is 160 g/mol. The highest BCUT2D eigenvalue weighted by Crippen LogP contribution is 2.25. The van der Waals surface area contributed by atoms with Gasteiger partial charge >= 0.3 is 0 Å². The van der Waals surface area contributed by atoms with Gasteiger partial charge in [-0.1, -0.05) is 0 Å². The summed E-state index contributed by atoms with van der Waals surface area (Å²) in [4.78, 5) is 24.2. The summed E-state index contributed by atoms with van der Waals surface area (Å²) in [5, 5.41) is 11.6. The van der Waals surface area contributed by atoms with Gasteiger partial charge in [-0.05, 0) is 0 Å². The lowest BCUT2D eigenvalue weighted by atomic mass is 10.2. The van der Waals surface area contributed by atoms with Gasteiger partial charge in [-0.15, -0.1) is 0 Å². The molecule has 0 bridgehead atoms. The van der Waals surface area contributed by atoms with Crippen LogP contribution in [0.25, 0.3) is 0 Å². The minimum atomic E-state index is -0.381. The molecule has 0 aromatic carbocycles. The summed E-state index contributed by atoms with van der Waals surface area (Å²) in [5.74, 6) is -0.319. The normalized spacial score (nSPS) is 14.2. The number of H-pyrrole nitrogens is 1. The van der Waals surface area contributed by atoms with Crippen LogP contribution in [0.1, 0.15) is 5.56 Å². The van der Waals surface area contributed by atoms with E-state index in [1.165, 1.54) is 6.20 Å². The smallest absolute Gasteiger partial charge is 0.272 e. The second-order valence-corrected chi connectivity index (χ2v) is 2.58. The van der Waals surface area contributed by atoms with Gasteiger partial charge in [0.25, 0.3) is 5.56 Å². The number of hydrogen-bond acceptors (Lipinski definition) is 3. The zero-order valence-electron chi connectivity index (χ0n) is 6.05. The van der Waals surface area contributed by atoms with Crippen LogP contribution in [0.4, 0.5) is 5.69 Å². The summed E-state index contributed by atoms with van der Waals surface area (Å²) in [6.07, 6.45) is 1.26. The average molecular weight is 166 g/mol. The van der Waals surface area contributed by atoms with Crippen LogP contribution >= 0.6 is 0 Å². The molecule has 0 spiro atoms. The number of anilines is 1. The van der Waals surface area contributed by atoms with Crippen LogP contribution in [-0.4, -0.2) is 16.0 Å². The van der Waals surface area contributed by atoms with Gasteiger partial charge in [-0.2, -0.15) is 0 Å². The Balaban J connectivity index is 2.72. The van der Waals surface area contributed by atoms with Crippen molar-refractivity contribution in [3.05, 3.63) is 22.1 Å². The fraction of sp³-hybridized carbons (Fsp3) is 0.143. The monoisotopic (exact) mass is 166 g/mol. The Hall–Kier alpha value is -1.78. The summed E-state index contributed by atoms with van der Waals surface area (Å²) in [6.45, 7) is 0. The molecule has 1 aliphatic heterocycles. The van der Waals surface area contributed by atoms with E-state index < -0.39 is 0 Å². The quantitative estimate of drug-likeness (QED) is 0.489. The van der Waals surface area contributed by atoms with Gasteiger partial charge in [0.05, 0.1) is 6.42 Å².